The van der Waals surface area contributed by atoms with Gasteiger partial charge in [-0.1, -0.05) is 31.5 Å². The third-order valence-electron chi connectivity index (χ3n) is 5.82. The monoisotopic (exact) mass is 429 g/mol. The second-order valence-electron chi connectivity index (χ2n) is 8.27. The number of carboxylic acids is 1. The first-order chi connectivity index (χ1) is 14.3. The summed E-state index contributed by atoms with van der Waals surface area (Å²) in [5.74, 6) is 0.286. The molecule has 7 nitrogen and oxygen atoms in total. The van der Waals surface area contributed by atoms with Gasteiger partial charge in [0.05, 0.1) is 11.3 Å². The van der Waals surface area contributed by atoms with Gasteiger partial charge in [-0.05, 0) is 55.9 Å². The Hall–Kier alpha value is -2.58. The minimum Gasteiger partial charge on any atom is -0.478 e. The van der Waals surface area contributed by atoms with Crippen molar-refractivity contribution >= 4 is 21.6 Å². The zero-order chi connectivity index (χ0) is 21.4. The fourth-order valence-corrected chi connectivity index (χ4v) is 5.82. The van der Waals surface area contributed by atoms with Gasteiger partial charge in [0.1, 0.15) is 20.6 Å². The smallest absolute Gasteiger partial charge is 0.335 e. The molecule has 3 fully saturated rings. The molecule has 3 saturated carbocycles. The van der Waals surface area contributed by atoms with Crippen molar-refractivity contribution in [1.82, 2.24) is 4.72 Å². The molecule has 0 heterocycles. The van der Waals surface area contributed by atoms with Crippen LogP contribution in [0.25, 0.3) is 0 Å². The van der Waals surface area contributed by atoms with E-state index in [2.05, 4.69) is 17.0 Å². The summed E-state index contributed by atoms with van der Waals surface area (Å²) in [6.45, 7) is 2.68. The Bertz CT molecular complexity index is 1040. The second-order valence-corrected chi connectivity index (χ2v) is 10.0. The Balaban J connectivity index is 1.78. The Morgan fingerprint density at radius 1 is 1.27 bits per heavy atom. The van der Waals surface area contributed by atoms with E-state index >= 15 is 0 Å². The number of nitrogens with one attached hydrogen (secondary N) is 3. The number of ether oxygens (including phenoxy) is 1. The van der Waals surface area contributed by atoms with Crippen molar-refractivity contribution in [2.24, 2.45) is 5.92 Å². The van der Waals surface area contributed by atoms with Gasteiger partial charge in [-0.3, -0.25) is 0 Å². The molecule has 160 valence electrons. The first-order valence-corrected chi connectivity index (χ1v) is 11.8. The maximum atomic E-state index is 13.5. The predicted octanol–water partition coefficient (Wildman–Crippen LogP) is 4.85. The van der Waals surface area contributed by atoms with Crippen LogP contribution in [0.3, 0.4) is 0 Å². The van der Waals surface area contributed by atoms with E-state index in [9.17, 15) is 14.1 Å². The molecule has 3 aliphatic carbocycles. The normalized spacial score (nSPS) is 23.6. The summed E-state index contributed by atoms with van der Waals surface area (Å²) >= 11 is 0. The Morgan fingerprint density at radius 3 is 2.53 bits per heavy atom. The van der Waals surface area contributed by atoms with Crippen LogP contribution in [0.15, 0.2) is 47.4 Å². The minimum atomic E-state index is -3.48. The summed E-state index contributed by atoms with van der Waals surface area (Å²) in [4.78, 5) is 11.8. The molecule has 0 radical (unpaired) electrons. The molecule has 2 aromatic carbocycles. The molecule has 0 saturated heterocycles. The van der Waals surface area contributed by atoms with Crippen LogP contribution in [0.2, 0.25) is 0 Å². The van der Waals surface area contributed by atoms with Crippen molar-refractivity contribution in [3.8, 4) is 11.5 Å². The molecule has 8 heteroatoms. The highest BCUT2D eigenvalue weighted by molar-refractivity contribution is 7.90. The lowest BCUT2D eigenvalue weighted by molar-refractivity contribution is -0.0311. The SMILES string of the molecule is CCCCNc1cc(C(=O)O)cc(S(=N)(=O)NC23CC(C2)C3)c1Oc1ccccc1. The van der Waals surface area contributed by atoms with Crippen LogP contribution in [0.4, 0.5) is 5.69 Å². The van der Waals surface area contributed by atoms with Crippen LogP contribution >= 0.6 is 0 Å². The largest absolute Gasteiger partial charge is 0.478 e. The van der Waals surface area contributed by atoms with E-state index in [-0.39, 0.29) is 21.7 Å². The van der Waals surface area contributed by atoms with Gasteiger partial charge in [0.25, 0.3) is 0 Å². The number of anilines is 1. The standard InChI is InChI=1S/C22H27N3O4S/c1-2-3-9-24-18-10-16(21(26)27)11-19(20(18)29-17-7-5-4-6-8-17)30(23,28)25-22-12-15(13-22)14-22/h4-8,10-11,15,24H,2-3,9,12-14H2,1H3,(H,26,27)(H2,23,25,28). The van der Waals surface area contributed by atoms with E-state index in [1.54, 1.807) is 12.1 Å². The number of unbranched alkanes of at least 4 members (excludes halogenated alkanes) is 1. The Labute approximate surface area is 176 Å². The molecular weight excluding hydrogens is 402 g/mol. The van der Waals surface area contributed by atoms with Crippen LogP contribution in [0.5, 0.6) is 11.5 Å². The molecule has 1 atom stereocenters. The predicted molar refractivity (Wildman–Crippen MR) is 116 cm³/mol. The highest BCUT2D eigenvalue weighted by Crippen LogP contribution is 2.57. The zero-order valence-electron chi connectivity index (χ0n) is 16.9. The molecule has 0 aliphatic heterocycles. The lowest BCUT2D eigenvalue weighted by Gasteiger charge is -2.61. The third kappa shape index (κ3) is 4.02. The highest BCUT2D eigenvalue weighted by Gasteiger charge is 2.58. The van der Waals surface area contributed by atoms with Gasteiger partial charge in [0, 0.05) is 12.1 Å². The van der Waals surface area contributed by atoms with Gasteiger partial charge in [0.2, 0.25) is 0 Å². The van der Waals surface area contributed by atoms with Gasteiger partial charge in [-0.15, -0.1) is 0 Å². The molecule has 1 unspecified atom stereocenters. The van der Waals surface area contributed by atoms with Crippen LogP contribution < -0.4 is 14.8 Å². The van der Waals surface area contributed by atoms with E-state index in [0.29, 0.717) is 23.9 Å². The van der Waals surface area contributed by atoms with Gasteiger partial charge in [-0.2, -0.15) is 0 Å². The third-order valence-corrected chi connectivity index (χ3v) is 7.46. The second kappa shape index (κ2) is 7.92. The Kier molecular flexibility index (Phi) is 5.46. The molecule has 0 aromatic heterocycles. The summed E-state index contributed by atoms with van der Waals surface area (Å²) in [7, 11) is -3.48. The first kappa shape index (κ1) is 20.7. The fourth-order valence-electron chi connectivity index (χ4n) is 4.15. The van der Waals surface area contributed by atoms with Crippen molar-refractivity contribution in [2.45, 2.75) is 49.5 Å². The van der Waals surface area contributed by atoms with Crippen LogP contribution in [-0.2, 0) is 9.92 Å². The molecule has 4 N–H and O–H groups in total. The molecule has 0 spiro atoms. The maximum Gasteiger partial charge on any atom is 0.335 e. The molecule has 30 heavy (non-hydrogen) atoms. The van der Waals surface area contributed by atoms with Gasteiger partial charge in [0.15, 0.2) is 5.75 Å². The average Bonchev–Trinajstić information content (AvgIpc) is 2.65. The summed E-state index contributed by atoms with van der Waals surface area (Å²) < 4.78 is 31.3. The topological polar surface area (TPSA) is 112 Å². The van der Waals surface area contributed by atoms with E-state index in [0.717, 1.165) is 32.1 Å². The summed E-state index contributed by atoms with van der Waals surface area (Å²) in [5.41, 5.74) is 0.146. The zero-order valence-corrected chi connectivity index (χ0v) is 17.8. The number of para-hydroxylation sites is 1. The van der Waals surface area contributed by atoms with E-state index < -0.39 is 15.9 Å². The first-order valence-electron chi connectivity index (χ1n) is 10.3. The maximum absolute atomic E-state index is 13.5. The van der Waals surface area contributed by atoms with Gasteiger partial charge in [-0.25, -0.2) is 18.5 Å². The molecule has 2 bridgehead atoms. The molecular formula is C22H27N3O4S. The lowest BCUT2D eigenvalue weighted by atomic mass is 9.50. The van der Waals surface area contributed by atoms with Crippen molar-refractivity contribution in [3.05, 3.63) is 48.0 Å². The van der Waals surface area contributed by atoms with Crippen LogP contribution in [0.1, 0.15) is 49.4 Å². The average molecular weight is 430 g/mol. The van der Waals surface area contributed by atoms with Crippen molar-refractivity contribution in [3.63, 3.8) is 0 Å². The van der Waals surface area contributed by atoms with Crippen molar-refractivity contribution in [2.75, 3.05) is 11.9 Å². The van der Waals surface area contributed by atoms with E-state index in [1.807, 2.05) is 18.2 Å². The molecule has 0 amide bonds. The van der Waals surface area contributed by atoms with Crippen LogP contribution in [-0.4, -0.2) is 27.4 Å². The molecule has 2 aromatic rings. The quantitative estimate of drug-likeness (QED) is 0.403. The number of rotatable bonds is 10. The molecule has 3 aliphatic rings. The van der Waals surface area contributed by atoms with Crippen LogP contribution in [0, 0.1) is 10.7 Å². The number of hydrogen-bond acceptors (Lipinski definition) is 5. The fraction of sp³-hybridized carbons (Fsp3) is 0.409. The lowest BCUT2D eigenvalue weighted by Crippen LogP contribution is -2.67. The number of hydrogen-bond donors (Lipinski definition) is 4. The van der Waals surface area contributed by atoms with Gasteiger partial charge >= 0.3 is 5.97 Å². The molecule has 5 rings (SSSR count). The highest BCUT2D eigenvalue weighted by atomic mass is 32.2. The number of benzene rings is 2. The van der Waals surface area contributed by atoms with E-state index in [4.69, 9.17) is 9.52 Å². The Morgan fingerprint density at radius 2 is 1.97 bits per heavy atom. The minimum absolute atomic E-state index is 0.0243. The summed E-state index contributed by atoms with van der Waals surface area (Å²) in [6, 6.07) is 11.8. The van der Waals surface area contributed by atoms with Crippen molar-refractivity contribution in [1.29, 1.82) is 4.78 Å². The number of carboxylic acid groups (broad SMARTS) is 1. The summed E-state index contributed by atoms with van der Waals surface area (Å²) in [5, 5.41) is 12.8. The number of carbonyl (C=O) groups is 1. The number of aromatic carboxylic acids is 1. The van der Waals surface area contributed by atoms with E-state index in [1.165, 1.54) is 12.1 Å². The summed E-state index contributed by atoms with van der Waals surface area (Å²) in [6.07, 6.45) is 4.60. The van der Waals surface area contributed by atoms with Gasteiger partial charge < -0.3 is 15.2 Å². The van der Waals surface area contributed by atoms with Crippen molar-refractivity contribution < 1.29 is 18.8 Å².